The van der Waals surface area contributed by atoms with Crippen molar-refractivity contribution >= 4 is 33.6 Å². The second kappa shape index (κ2) is 8.60. The number of primary sulfonamides is 1. The standard InChI is InChI=1S/C24H21N3O7S/c1-13-10-19(14(2)27(13)16-5-7-17(8-6-16)35(25,32)33)21(28)12-34-24(31)15-4-9-18-20(11-15)23(30)26(3)22(18)29/h4-11H,12H2,1-3H3,(H2,25,32,33). The maximum absolute atomic E-state index is 12.8. The number of fused-ring (bicyclic) bond motifs is 1. The number of hydrogen-bond acceptors (Lipinski definition) is 7. The van der Waals surface area contributed by atoms with Gasteiger partial charge in [-0.15, -0.1) is 0 Å². The number of Topliss-reactive ketones (excluding diaryl/α,β-unsaturated/α-hetero) is 1. The molecular formula is C24H21N3O7S. The van der Waals surface area contributed by atoms with Gasteiger partial charge in [0.25, 0.3) is 11.8 Å². The Bertz CT molecular complexity index is 1520. The number of carbonyl (C=O) groups excluding carboxylic acids is 4. The lowest BCUT2D eigenvalue weighted by Crippen LogP contribution is -2.24. The highest BCUT2D eigenvalue weighted by molar-refractivity contribution is 7.89. The number of esters is 1. The summed E-state index contributed by atoms with van der Waals surface area (Å²) in [6.07, 6.45) is 0. The Hall–Kier alpha value is -4.09. The van der Waals surface area contributed by atoms with E-state index in [0.717, 1.165) is 4.90 Å². The van der Waals surface area contributed by atoms with Crippen LogP contribution in [0, 0.1) is 13.8 Å². The fourth-order valence-corrected chi connectivity index (χ4v) is 4.52. The molecule has 0 unspecified atom stereocenters. The molecule has 2 amide bonds. The summed E-state index contributed by atoms with van der Waals surface area (Å²) < 4.78 is 29.9. The van der Waals surface area contributed by atoms with Crippen molar-refractivity contribution in [3.8, 4) is 5.69 Å². The molecule has 2 aromatic carbocycles. The number of rotatable bonds is 6. The van der Waals surface area contributed by atoms with Crippen molar-refractivity contribution in [1.82, 2.24) is 9.47 Å². The molecule has 2 heterocycles. The van der Waals surface area contributed by atoms with E-state index in [1.54, 1.807) is 36.6 Å². The van der Waals surface area contributed by atoms with Crippen LogP contribution in [0.4, 0.5) is 0 Å². The molecule has 0 saturated carbocycles. The first kappa shape index (κ1) is 24.0. The number of ether oxygens (including phenoxy) is 1. The normalized spacial score (nSPS) is 13.2. The summed E-state index contributed by atoms with van der Waals surface area (Å²) in [5.41, 5.74) is 2.62. The van der Waals surface area contributed by atoms with Gasteiger partial charge >= 0.3 is 5.97 Å². The van der Waals surface area contributed by atoms with E-state index in [-0.39, 0.29) is 21.6 Å². The van der Waals surface area contributed by atoms with Crippen molar-refractivity contribution in [2.75, 3.05) is 13.7 Å². The number of ketones is 1. The van der Waals surface area contributed by atoms with Crippen LogP contribution in [0.15, 0.2) is 53.4 Å². The van der Waals surface area contributed by atoms with Gasteiger partial charge in [0, 0.05) is 29.7 Å². The number of nitrogens with two attached hydrogens (primary N) is 1. The third-order valence-electron chi connectivity index (χ3n) is 5.81. The SMILES string of the molecule is Cc1cc(C(=O)COC(=O)c2ccc3c(c2)C(=O)N(C)C3=O)c(C)n1-c1ccc(S(N)(=O)=O)cc1. The van der Waals surface area contributed by atoms with Gasteiger partial charge in [-0.05, 0) is 62.4 Å². The van der Waals surface area contributed by atoms with Crippen molar-refractivity contribution in [1.29, 1.82) is 0 Å². The quantitative estimate of drug-likeness (QED) is 0.313. The smallest absolute Gasteiger partial charge is 0.338 e. The van der Waals surface area contributed by atoms with Gasteiger partial charge in [0.05, 0.1) is 21.6 Å². The minimum atomic E-state index is -3.83. The fourth-order valence-electron chi connectivity index (χ4n) is 4.01. The molecule has 0 radical (unpaired) electrons. The number of benzene rings is 2. The molecule has 180 valence electrons. The second-order valence-electron chi connectivity index (χ2n) is 8.09. The number of aromatic nitrogens is 1. The highest BCUT2D eigenvalue weighted by Gasteiger charge is 2.33. The van der Waals surface area contributed by atoms with Crippen LogP contribution in [0.5, 0.6) is 0 Å². The van der Waals surface area contributed by atoms with E-state index < -0.39 is 40.2 Å². The molecule has 0 spiro atoms. The number of carbonyl (C=O) groups is 4. The molecule has 0 fully saturated rings. The van der Waals surface area contributed by atoms with Crippen LogP contribution in [0.2, 0.25) is 0 Å². The van der Waals surface area contributed by atoms with Gasteiger partial charge < -0.3 is 9.30 Å². The lowest BCUT2D eigenvalue weighted by molar-refractivity contribution is 0.0474. The Balaban J connectivity index is 1.50. The zero-order valence-corrected chi connectivity index (χ0v) is 19.9. The van der Waals surface area contributed by atoms with Gasteiger partial charge in [0.2, 0.25) is 15.8 Å². The Kier molecular flexibility index (Phi) is 5.91. The molecule has 1 aromatic heterocycles. The number of nitrogens with zero attached hydrogens (tertiary/aromatic N) is 2. The van der Waals surface area contributed by atoms with E-state index in [1.807, 2.05) is 0 Å². The summed E-state index contributed by atoms with van der Waals surface area (Å²) in [6, 6.07) is 11.6. The highest BCUT2D eigenvalue weighted by atomic mass is 32.2. The van der Waals surface area contributed by atoms with E-state index in [4.69, 9.17) is 9.88 Å². The number of hydrogen-bond donors (Lipinski definition) is 1. The maximum Gasteiger partial charge on any atom is 0.338 e. The lowest BCUT2D eigenvalue weighted by atomic mass is 10.1. The van der Waals surface area contributed by atoms with Crippen molar-refractivity contribution in [2.45, 2.75) is 18.7 Å². The zero-order valence-electron chi connectivity index (χ0n) is 19.1. The second-order valence-corrected chi connectivity index (χ2v) is 9.65. The van der Waals surface area contributed by atoms with Crippen LogP contribution in [0.1, 0.15) is 52.8 Å². The van der Waals surface area contributed by atoms with Crippen LogP contribution >= 0.6 is 0 Å². The zero-order chi connectivity index (χ0) is 25.7. The van der Waals surface area contributed by atoms with E-state index in [9.17, 15) is 27.6 Å². The third-order valence-corrected chi connectivity index (χ3v) is 6.74. The van der Waals surface area contributed by atoms with Crippen molar-refractivity contribution in [3.05, 3.63) is 82.2 Å². The van der Waals surface area contributed by atoms with E-state index in [0.29, 0.717) is 22.6 Å². The first-order valence-corrected chi connectivity index (χ1v) is 11.9. The minimum absolute atomic E-state index is 0.0313. The number of amides is 2. The summed E-state index contributed by atoms with van der Waals surface area (Å²) in [7, 11) is -2.48. The maximum atomic E-state index is 12.8. The van der Waals surface area contributed by atoms with E-state index >= 15 is 0 Å². The fraction of sp³-hybridized carbons (Fsp3) is 0.167. The first-order valence-electron chi connectivity index (χ1n) is 10.4. The Morgan fingerprint density at radius 3 is 2.20 bits per heavy atom. The summed E-state index contributed by atoms with van der Waals surface area (Å²) in [5.74, 6) is -2.20. The predicted octanol–water partition coefficient (Wildman–Crippen LogP) is 2.01. The van der Waals surface area contributed by atoms with Crippen LogP contribution in [-0.2, 0) is 14.8 Å². The van der Waals surface area contributed by atoms with Crippen molar-refractivity contribution < 1.29 is 32.3 Å². The van der Waals surface area contributed by atoms with Gasteiger partial charge in [0.15, 0.2) is 6.61 Å². The molecule has 35 heavy (non-hydrogen) atoms. The minimum Gasteiger partial charge on any atom is -0.454 e. The van der Waals surface area contributed by atoms with Gasteiger partial charge in [-0.25, -0.2) is 18.4 Å². The van der Waals surface area contributed by atoms with Crippen molar-refractivity contribution in [3.63, 3.8) is 0 Å². The molecule has 0 atom stereocenters. The molecule has 3 aromatic rings. The lowest BCUT2D eigenvalue weighted by Gasteiger charge is -2.11. The molecule has 1 aliphatic rings. The molecule has 11 heteroatoms. The van der Waals surface area contributed by atoms with Crippen LogP contribution < -0.4 is 5.14 Å². The topological polar surface area (TPSA) is 146 Å². The van der Waals surface area contributed by atoms with Crippen LogP contribution in [-0.4, -0.2) is 55.1 Å². The number of imide groups is 1. The molecule has 0 saturated heterocycles. The molecule has 4 rings (SSSR count). The van der Waals surface area contributed by atoms with Crippen molar-refractivity contribution in [2.24, 2.45) is 5.14 Å². The molecule has 0 bridgehead atoms. The summed E-state index contributed by atoms with van der Waals surface area (Å²) in [6.45, 7) is 2.97. The molecule has 10 nitrogen and oxygen atoms in total. The Morgan fingerprint density at radius 2 is 1.57 bits per heavy atom. The summed E-state index contributed by atoms with van der Waals surface area (Å²) in [5, 5.41) is 5.14. The average molecular weight is 496 g/mol. The monoisotopic (exact) mass is 495 g/mol. The van der Waals surface area contributed by atoms with Crippen LogP contribution in [0.25, 0.3) is 5.69 Å². The predicted molar refractivity (Wildman–Crippen MR) is 124 cm³/mol. The van der Waals surface area contributed by atoms with E-state index in [1.165, 1.54) is 37.4 Å². The number of aryl methyl sites for hydroxylation is 1. The molecule has 0 aliphatic carbocycles. The Morgan fingerprint density at radius 1 is 0.943 bits per heavy atom. The molecule has 2 N–H and O–H groups in total. The third kappa shape index (κ3) is 4.27. The first-order chi connectivity index (χ1) is 16.4. The largest absolute Gasteiger partial charge is 0.454 e. The molecule has 1 aliphatic heterocycles. The highest BCUT2D eigenvalue weighted by Crippen LogP contribution is 2.24. The molecular weight excluding hydrogens is 474 g/mol. The van der Waals surface area contributed by atoms with Crippen LogP contribution in [0.3, 0.4) is 0 Å². The summed E-state index contributed by atoms with van der Waals surface area (Å²) in [4.78, 5) is 50.4. The van der Waals surface area contributed by atoms with Gasteiger partial charge in [-0.1, -0.05) is 0 Å². The van der Waals surface area contributed by atoms with Gasteiger partial charge in [0.1, 0.15) is 0 Å². The van der Waals surface area contributed by atoms with E-state index in [2.05, 4.69) is 0 Å². The van der Waals surface area contributed by atoms with Gasteiger partial charge in [-0.2, -0.15) is 0 Å². The average Bonchev–Trinajstić information content (AvgIpc) is 3.24. The van der Waals surface area contributed by atoms with Gasteiger partial charge in [-0.3, -0.25) is 19.3 Å². The number of sulfonamides is 1. The Labute approximate surface area is 200 Å². The summed E-state index contributed by atoms with van der Waals surface area (Å²) >= 11 is 0.